The number of ether oxygens (including phenoxy) is 1. The molecule has 1 N–H and O–H groups in total. The smallest absolute Gasteiger partial charge is 0.326 e. The maximum atomic E-state index is 12.7. The number of fused-ring (bicyclic) bond motifs is 1. The van der Waals surface area contributed by atoms with Crippen LogP contribution in [0.1, 0.15) is 51.4 Å². The first-order chi connectivity index (χ1) is 9.68. The van der Waals surface area contributed by atoms with Crippen LogP contribution in [0.5, 0.6) is 0 Å². The Hall–Kier alpha value is -1.10. The highest BCUT2D eigenvalue weighted by molar-refractivity contribution is 5.87. The van der Waals surface area contributed by atoms with E-state index in [9.17, 15) is 14.7 Å². The molecule has 0 bridgehead atoms. The van der Waals surface area contributed by atoms with E-state index < -0.39 is 18.1 Å². The first kappa shape index (κ1) is 13.9. The lowest BCUT2D eigenvalue weighted by Crippen LogP contribution is -2.59. The van der Waals surface area contributed by atoms with E-state index in [0.29, 0.717) is 18.9 Å². The fourth-order valence-corrected chi connectivity index (χ4v) is 4.13. The van der Waals surface area contributed by atoms with Gasteiger partial charge in [0, 0.05) is 12.6 Å². The summed E-state index contributed by atoms with van der Waals surface area (Å²) in [5.41, 5.74) is 0. The van der Waals surface area contributed by atoms with E-state index in [1.807, 2.05) is 0 Å². The Kier molecular flexibility index (Phi) is 3.96. The Morgan fingerprint density at radius 1 is 1.00 bits per heavy atom. The van der Waals surface area contributed by atoms with Crippen molar-refractivity contribution in [1.29, 1.82) is 0 Å². The lowest BCUT2D eigenvalue weighted by Gasteiger charge is -2.47. The maximum Gasteiger partial charge on any atom is 0.326 e. The van der Waals surface area contributed by atoms with Crippen molar-refractivity contribution in [2.75, 3.05) is 6.61 Å². The zero-order valence-electron chi connectivity index (χ0n) is 11.8. The first-order valence-electron chi connectivity index (χ1n) is 7.85. The number of likely N-dealkylation sites (tertiary alicyclic amines) is 1. The molecule has 0 aromatic carbocycles. The highest BCUT2D eigenvalue weighted by Crippen LogP contribution is 2.38. The molecule has 1 saturated carbocycles. The predicted octanol–water partition coefficient (Wildman–Crippen LogP) is 1.80. The minimum Gasteiger partial charge on any atom is -0.480 e. The summed E-state index contributed by atoms with van der Waals surface area (Å²) in [5.74, 6) is -0.448. The van der Waals surface area contributed by atoms with Crippen molar-refractivity contribution in [3.05, 3.63) is 0 Å². The predicted molar refractivity (Wildman–Crippen MR) is 72.2 cm³/mol. The van der Waals surface area contributed by atoms with Crippen LogP contribution in [-0.2, 0) is 14.3 Å². The molecule has 5 nitrogen and oxygen atoms in total. The number of piperidine rings is 1. The Labute approximate surface area is 119 Å². The Balaban J connectivity index is 1.83. The molecule has 3 rings (SSSR count). The van der Waals surface area contributed by atoms with Crippen LogP contribution in [0.3, 0.4) is 0 Å². The third-order valence-electron chi connectivity index (χ3n) is 5.12. The van der Waals surface area contributed by atoms with E-state index >= 15 is 0 Å². The largest absolute Gasteiger partial charge is 0.480 e. The summed E-state index contributed by atoms with van der Waals surface area (Å²) < 4.78 is 5.49. The van der Waals surface area contributed by atoms with Crippen LogP contribution in [0.2, 0.25) is 0 Å². The molecular formula is C15H23NO4. The summed E-state index contributed by atoms with van der Waals surface area (Å²) in [6.45, 7) is 0.621. The van der Waals surface area contributed by atoms with Gasteiger partial charge in [0.2, 0.25) is 0 Å². The number of carboxylic acids is 1. The second-order valence-electron chi connectivity index (χ2n) is 6.29. The molecule has 5 heteroatoms. The van der Waals surface area contributed by atoms with E-state index in [1.54, 1.807) is 4.90 Å². The van der Waals surface area contributed by atoms with Crippen LogP contribution in [-0.4, -0.2) is 46.7 Å². The second-order valence-corrected chi connectivity index (χ2v) is 6.29. The van der Waals surface area contributed by atoms with Gasteiger partial charge in [0.05, 0.1) is 0 Å². The summed E-state index contributed by atoms with van der Waals surface area (Å²) in [4.78, 5) is 25.9. The monoisotopic (exact) mass is 281 g/mol. The number of hydrogen-bond acceptors (Lipinski definition) is 3. The van der Waals surface area contributed by atoms with Gasteiger partial charge in [-0.2, -0.15) is 0 Å². The Morgan fingerprint density at radius 2 is 1.80 bits per heavy atom. The molecular weight excluding hydrogens is 258 g/mol. The molecule has 1 aliphatic carbocycles. The van der Waals surface area contributed by atoms with Crippen molar-refractivity contribution < 1.29 is 19.4 Å². The molecule has 0 radical (unpaired) electrons. The van der Waals surface area contributed by atoms with Crippen molar-refractivity contribution in [1.82, 2.24) is 4.90 Å². The molecule has 20 heavy (non-hydrogen) atoms. The normalized spacial score (nSPS) is 37.5. The molecule has 4 atom stereocenters. The number of carboxylic acid groups (broad SMARTS) is 1. The van der Waals surface area contributed by atoms with Gasteiger partial charge in [-0.1, -0.05) is 12.8 Å². The van der Waals surface area contributed by atoms with Crippen molar-refractivity contribution in [2.45, 2.75) is 69.6 Å². The number of nitrogens with zero attached hydrogens (tertiary/aromatic N) is 1. The molecule has 1 amide bonds. The van der Waals surface area contributed by atoms with Gasteiger partial charge in [-0.3, -0.25) is 4.79 Å². The highest BCUT2D eigenvalue weighted by atomic mass is 16.5. The molecule has 0 aromatic rings. The maximum absolute atomic E-state index is 12.7. The average molecular weight is 281 g/mol. The molecule has 0 spiro atoms. The summed E-state index contributed by atoms with van der Waals surface area (Å²) in [6, 6.07) is -0.527. The van der Waals surface area contributed by atoms with Crippen LogP contribution in [0.25, 0.3) is 0 Å². The van der Waals surface area contributed by atoms with Crippen molar-refractivity contribution in [3.8, 4) is 0 Å². The lowest BCUT2D eigenvalue weighted by molar-refractivity contribution is -0.163. The quantitative estimate of drug-likeness (QED) is 0.838. The Morgan fingerprint density at radius 3 is 2.50 bits per heavy atom. The average Bonchev–Trinajstić information content (AvgIpc) is 2.99. The zero-order valence-corrected chi connectivity index (χ0v) is 11.8. The van der Waals surface area contributed by atoms with Gasteiger partial charge in [-0.05, 0) is 44.4 Å². The molecule has 2 saturated heterocycles. The van der Waals surface area contributed by atoms with Crippen LogP contribution in [0, 0.1) is 5.92 Å². The van der Waals surface area contributed by atoms with Gasteiger partial charge in [-0.15, -0.1) is 0 Å². The van der Waals surface area contributed by atoms with Crippen molar-refractivity contribution in [3.63, 3.8) is 0 Å². The van der Waals surface area contributed by atoms with E-state index in [0.717, 1.165) is 38.5 Å². The van der Waals surface area contributed by atoms with Gasteiger partial charge >= 0.3 is 5.97 Å². The number of rotatable bonds is 2. The standard InChI is InChI=1S/C15H23NO4/c17-14(13-6-3-9-20-13)16-11-5-2-1-4-10(11)7-8-12(16)15(18)19/h10-13H,1-9H2,(H,18,19). The minimum absolute atomic E-state index is 0.0773. The van der Waals surface area contributed by atoms with Crippen molar-refractivity contribution >= 4 is 11.9 Å². The first-order valence-corrected chi connectivity index (χ1v) is 7.85. The fourth-order valence-electron chi connectivity index (χ4n) is 4.13. The van der Waals surface area contributed by atoms with Gasteiger partial charge in [0.1, 0.15) is 12.1 Å². The fraction of sp³-hybridized carbons (Fsp3) is 0.867. The number of carbonyl (C=O) groups is 2. The lowest BCUT2D eigenvalue weighted by atomic mass is 9.76. The van der Waals surface area contributed by atoms with Gasteiger partial charge < -0.3 is 14.7 Å². The second kappa shape index (κ2) is 5.72. The summed E-state index contributed by atoms with van der Waals surface area (Å²) >= 11 is 0. The minimum atomic E-state index is -0.861. The molecule has 3 fully saturated rings. The number of carbonyl (C=O) groups excluding carboxylic acids is 1. The number of amides is 1. The molecule has 2 heterocycles. The molecule has 3 aliphatic rings. The van der Waals surface area contributed by atoms with Gasteiger partial charge in [-0.25, -0.2) is 4.79 Å². The summed E-state index contributed by atoms with van der Waals surface area (Å²) in [6.07, 6.45) is 7.15. The van der Waals surface area contributed by atoms with E-state index in [-0.39, 0.29) is 11.9 Å². The van der Waals surface area contributed by atoms with Crippen LogP contribution < -0.4 is 0 Å². The Bertz CT molecular complexity index is 391. The van der Waals surface area contributed by atoms with Crippen molar-refractivity contribution in [2.24, 2.45) is 5.92 Å². The van der Waals surface area contributed by atoms with Crippen LogP contribution >= 0.6 is 0 Å². The summed E-state index contributed by atoms with van der Waals surface area (Å²) in [5, 5.41) is 9.46. The molecule has 112 valence electrons. The highest BCUT2D eigenvalue weighted by Gasteiger charge is 2.45. The summed E-state index contributed by atoms with van der Waals surface area (Å²) in [7, 11) is 0. The third kappa shape index (κ3) is 2.43. The SMILES string of the molecule is O=C(O)C1CCC2CCCCC2N1C(=O)C1CCCO1. The van der Waals surface area contributed by atoms with Crippen LogP contribution in [0.4, 0.5) is 0 Å². The van der Waals surface area contributed by atoms with E-state index in [4.69, 9.17) is 4.74 Å². The zero-order chi connectivity index (χ0) is 14.1. The number of aliphatic carboxylic acids is 1. The van der Waals surface area contributed by atoms with Gasteiger partial charge in [0.15, 0.2) is 0 Å². The molecule has 2 aliphatic heterocycles. The van der Waals surface area contributed by atoms with Gasteiger partial charge in [0.25, 0.3) is 5.91 Å². The topological polar surface area (TPSA) is 66.8 Å². The van der Waals surface area contributed by atoms with Crippen LogP contribution in [0.15, 0.2) is 0 Å². The molecule has 4 unspecified atom stereocenters. The van der Waals surface area contributed by atoms with E-state index in [1.165, 1.54) is 6.42 Å². The third-order valence-corrected chi connectivity index (χ3v) is 5.12. The number of hydrogen-bond donors (Lipinski definition) is 1. The van der Waals surface area contributed by atoms with E-state index in [2.05, 4.69) is 0 Å². The molecule has 0 aromatic heterocycles.